The molecule has 0 heterocycles. The molecule has 0 aliphatic heterocycles. The topological polar surface area (TPSA) is 86.8 Å². The number of nitrogens with zero attached hydrogens (tertiary/aromatic N) is 2. The van der Waals surface area contributed by atoms with Gasteiger partial charge in [0.15, 0.2) is 0 Å². The van der Waals surface area contributed by atoms with E-state index < -0.39 is 56.9 Å². The largest absolute Gasteiger partial charge is 0.417 e. The molecule has 0 saturated heterocycles. The van der Waals surface area contributed by atoms with Crippen LogP contribution in [0.2, 0.25) is 5.02 Å². The summed E-state index contributed by atoms with van der Waals surface area (Å²) in [5.41, 5.74) is -0.0712. The number of carbonyl (C=O) groups excluding carboxylic acids is 2. The van der Waals surface area contributed by atoms with E-state index in [1.165, 1.54) is 29.2 Å². The summed E-state index contributed by atoms with van der Waals surface area (Å²) >= 11 is 5.82. The van der Waals surface area contributed by atoms with E-state index >= 15 is 0 Å². The van der Waals surface area contributed by atoms with Gasteiger partial charge in [0.05, 0.1) is 21.2 Å². The third kappa shape index (κ3) is 8.29. The number of halogens is 4. The molecule has 3 aromatic carbocycles. The molecule has 0 unspecified atom stereocenters. The van der Waals surface area contributed by atoms with Gasteiger partial charge >= 0.3 is 6.18 Å². The Balaban J connectivity index is 2.15. The lowest BCUT2D eigenvalue weighted by Gasteiger charge is -2.34. The van der Waals surface area contributed by atoms with Gasteiger partial charge in [-0.2, -0.15) is 13.2 Å². The first kappa shape index (κ1) is 33.9. The second-order valence-electron chi connectivity index (χ2n) is 10.2. The van der Waals surface area contributed by atoms with Gasteiger partial charge in [0, 0.05) is 12.6 Å². The van der Waals surface area contributed by atoms with Crippen molar-refractivity contribution in [1.82, 2.24) is 10.2 Å². The van der Waals surface area contributed by atoms with E-state index in [1.54, 1.807) is 25.1 Å². The number of hydrogen-bond acceptors (Lipinski definition) is 4. The van der Waals surface area contributed by atoms with Crippen LogP contribution in [0.25, 0.3) is 0 Å². The number of amides is 2. The highest BCUT2D eigenvalue weighted by Gasteiger charge is 2.37. The lowest BCUT2D eigenvalue weighted by Crippen LogP contribution is -2.53. The molecule has 3 rings (SSSR count). The number of benzene rings is 3. The van der Waals surface area contributed by atoms with Crippen molar-refractivity contribution in [3.05, 3.63) is 94.5 Å². The molecule has 3 aromatic rings. The fraction of sp³-hybridized carbons (Fsp3) is 0.355. The van der Waals surface area contributed by atoms with Gasteiger partial charge in [-0.3, -0.25) is 13.9 Å². The van der Waals surface area contributed by atoms with Crippen molar-refractivity contribution in [2.75, 3.05) is 10.8 Å². The van der Waals surface area contributed by atoms with Crippen LogP contribution in [0.3, 0.4) is 0 Å². The fourth-order valence-electron chi connectivity index (χ4n) is 4.47. The van der Waals surface area contributed by atoms with Crippen molar-refractivity contribution in [2.45, 2.75) is 70.2 Å². The van der Waals surface area contributed by atoms with E-state index in [0.717, 1.165) is 23.3 Å². The predicted octanol–water partition coefficient (Wildman–Crippen LogP) is 6.58. The minimum absolute atomic E-state index is 0.0222. The third-order valence-corrected chi connectivity index (χ3v) is 9.26. The molecule has 1 N–H and O–H groups in total. The van der Waals surface area contributed by atoms with Crippen molar-refractivity contribution >= 4 is 39.1 Å². The molecule has 0 fully saturated rings. The Hall–Kier alpha value is -3.57. The normalized spacial score (nSPS) is 13.2. The SMILES string of the molecule is CC[C@H](C)NC(=O)[C@H](CC)N(Cc1ccccc1C)C(=O)CN(c1ccc(Cl)c(C(F)(F)F)c1)S(=O)(=O)c1ccccc1. The molecule has 2 atom stereocenters. The number of nitrogens with one attached hydrogen (secondary N) is 1. The maximum atomic E-state index is 14.1. The highest BCUT2D eigenvalue weighted by molar-refractivity contribution is 7.92. The summed E-state index contributed by atoms with van der Waals surface area (Å²) in [6.45, 7) is 6.41. The molecule has 0 bridgehead atoms. The molecule has 232 valence electrons. The van der Waals surface area contributed by atoms with Crippen molar-refractivity contribution in [3.63, 3.8) is 0 Å². The third-order valence-electron chi connectivity index (χ3n) is 7.14. The van der Waals surface area contributed by atoms with Crippen LogP contribution in [0.4, 0.5) is 18.9 Å². The monoisotopic (exact) mass is 637 g/mol. The van der Waals surface area contributed by atoms with E-state index in [1.807, 2.05) is 32.9 Å². The summed E-state index contributed by atoms with van der Waals surface area (Å²) in [7, 11) is -4.54. The number of anilines is 1. The van der Waals surface area contributed by atoms with Crippen LogP contribution in [0.15, 0.2) is 77.7 Å². The summed E-state index contributed by atoms with van der Waals surface area (Å²) in [6.07, 6.45) is -4.02. The summed E-state index contributed by atoms with van der Waals surface area (Å²) in [5, 5.41) is 2.27. The average Bonchev–Trinajstić information content (AvgIpc) is 2.96. The molecule has 2 amide bonds. The maximum absolute atomic E-state index is 14.1. The molecule has 0 saturated carbocycles. The lowest BCUT2D eigenvalue weighted by molar-refractivity contribution is -0.140. The Kier molecular flexibility index (Phi) is 11.3. The summed E-state index contributed by atoms with van der Waals surface area (Å²) in [4.78, 5) is 28.5. The smallest absolute Gasteiger partial charge is 0.352 e. The van der Waals surface area contributed by atoms with Crippen LogP contribution >= 0.6 is 11.6 Å². The first-order valence-electron chi connectivity index (χ1n) is 13.8. The molecule has 12 heteroatoms. The number of alkyl halides is 3. The van der Waals surface area contributed by atoms with E-state index in [2.05, 4.69) is 5.32 Å². The van der Waals surface area contributed by atoms with Crippen molar-refractivity contribution in [2.24, 2.45) is 0 Å². The first-order valence-corrected chi connectivity index (χ1v) is 15.6. The van der Waals surface area contributed by atoms with Gasteiger partial charge in [-0.05, 0) is 68.1 Å². The summed E-state index contributed by atoms with van der Waals surface area (Å²) in [6, 6.07) is 15.8. The van der Waals surface area contributed by atoms with Gasteiger partial charge in [0.25, 0.3) is 10.0 Å². The molecular weight excluding hydrogens is 603 g/mol. The van der Waals surface area contributed by atoms with Crippen LogP contribution in [-0.2, 0) is 32.3 Å². The van der Waals surface area contributed by atoms with Gasteiger partial charge in [-0.15, -0.1) is 0 Å². The molecule has 0 radical (unpaired) electrons. The van der Waals surface area contributed by atoms with Crippen LogP contribution in [0, 0.1) is 6.92 Å². The minimum atomic E-state index is -4.88. The predicted molar refractivity (Wildman–Crippen MR) is 161 cm³/mol. The molecule has 0 spiro atoms. The van der Waals surface area contributed by atoms with Crippen LogP contribution in [0.1, 0.15) is 50.3 Å². The summed E-state index contributed by atoms with van der Waals surface area (Å²) < 4.78 is 69.7. The van der Waals surface area contributed by atoms with Crippen molar-refractivity contribution in [3.8, 4) is 0 Å². The number of sulfonamides is 1. The molecule has 0 aromatic heterocycles. The standard InChI is InChI=1S/C31H35ClF3N3O4S/c1-5-22(4)36-30(40)28(6-2)37(19-23-13-11-10-12-21(23)3)29(39)20-38(43(41,42)25-14-8-7-9-15-25)24-16-17-27(32)26(18-24)31(33,34)35/h7-18,22,28H,5-6,19-20H2,1-4H3,(H,36,40)/t22-,28-/m0/s1. The van der Waals surface area contributed by atoms with Gasteiger partial charge < -0.3 is 10.2 Å². The highest BCUT2D eigenvalue weighted by atomic mass is 35.5. The van der Waals surface area contributed by atoms with E-state index in [-0.39, 0.29) is 23.9 Å². The average molecular weight is 638 g/mol. The zero-order valence-electron chi connectivity index (χ0n) is 24.4. The highest BCUT2D eigenvalue weighted by Crippen LogP contribution is 2.38. The van der Waals surface area contributed by atoms with Gasteiger partial charge in [-0.1, -0.05) is 67.9 Å². The Labute approximate surface area is 255 Å². The Morgan fingerprint density at radius 3 is 2.16 bits per heavy atom. The molecular formula is C31H35ClF3N3O4S. The van der Waals surface area contributed by atoms with Crippen LogP contribution < -0.4 is 9.62 Å². The second kappa shape index (κ2) is 14.3. The van der Waals surface area contributed by atoms with Crippen molar-refractivity contribution in [1.29, 1.82) is 0 Å². The first-order chi connectivity index (χ1) is 20.2. The van der Waals surface area contributed by atoms with Gasteiger partial charge in [0.1, 0.15) is 12.6 Å². The van der Waals surface area contributed by atoms with Gasteiger partial charge in [0.2, 0.25) is 11.8 Å². The minimum Gasteiger partial charge on any atom is -0.352 e. The summed E-state index contributed by atoms with van der Waals surface area (Å²) in [5.74, 6) is -1.18. The van der Waals surface area contributed by atoms with Crippen molar-refractivity contribution < 1.29 is 31.2 Å². The molecule has 0 aliphatic rings. The number of carbonyl (C=O) groups is 2. The molecule has 7 nitrogen and oxygen atoms in total. The molecule has 43 heavy (non-hydrogen) atoms. The Morgan fingerprint density at radius 2 is 1.58 bits per heavy atom. The van der Waals surface area contributed by atoms with E-state index in [4.69, 9.17) is 11.6 Å². The number of hydrogen-bond donors (Lipinski definition) is 1. The lowest BCUT2D eigenvalue weighted by atomic mass is 10.1. The number of rotatable bonds is 12. The van der Waals surface area contributed by atoms with E-state index in [9.17, 15) is 31.2 Å². The Bertz CT molecular complexity index is 1530. The quantitative estimate of drug-likeness (QED) is 0.243. The molecule has 0 aliphatic carbocycles. The second-order valence-corrected chi connectivity index (χ2v) is 12.4. The van der Waals surface area contributed by atoms with Gasteiger partial charge in [-0.25, -0.2) is 8.42 Å². The zero-order valence-corrected chi connectivity index (χ0v) is 25.9. The fourth-order valence-corrected chi connectivity index (χ4v) is 6.12. The van der Waals surface area contributed by atoms with E-state index in [0.29, 0.717) is 16.8 Å². The Morgan fingerprint density at radius 1 is 0.953 bits per heavy atom. The maximum Gasteiger partial charge on any atom is 0.417 e. The zero-order chi connectivity index (χ0) is 31.9. The van der Waals surface area contributed by atoms with Crippen LogP contribution in [-0.4, -0.2) is 43.8 Å². The number of aryl methyl sites for hydroxylation is 1. The van der Waals surface area contributed by atoms with Crippen LogP contribution in [0.5, 0.6) is 0 Å².